The first-order valence-electron chi connectivity index (χ1n) is 6.49. The zero-order chi connectivity index (χ0) is 12.3. The molecule has 2 rings (SSSR count). The summed E-state index contributed by atoms with van der Waals surface area (Å²) >= 11 is 0. The van der Waals surface area contributed by atoms with E-state index in [1.54, 1.807) is 6.92 Å². The van der Waals surface area contributed by atoms with Gasteiger partial charge in [0, 0.05) is 19.6 Å². The minimum atomic E-state index is -0.490. The lowest BCUT2D eigenvalue weighted by Gasteiger charge is -2.32. The van der Waals surface area contributed by atoms with Crippen LogP contribution in [0.5, 0.6) is 0 Å². The predicted molar refractivity (Wildman–Crippen MR) is 63.6 cm³/mol. The first-order chi connectivity index (χ1) is 8.19. The second kappa shape index (κ2) is 5.80. The minimum Gasteiger partial charge on any atom is -0.465 e. The molecule has 2 fully saturated rings. The molecule has 0 aromatic rings. The highest BCUT2D eigenvalue weighted by atomic mass is 16.5. The smallest absolute Gasteiger partial charge is 0.322 e. The van der Waals surface area contributed by atoms with Gasteiger partial charge in [0.25, 0.3) is 0 Å². The van der Waals surface area contributed by atoms with E-state index in [9.17, 15) is 4.79 Å². The molecule has 2 heterocycles. The summed E-state index contributed by atoms with van der Waals surface area (Å²) in [6, 6.07) is -0.490. The van der Waals surface area contributed by atoms with Gasteiger partial charge >= 0.3 is 5.97 Å². The first kappa shape index (κ1) is 12.8. The van der Waals surface area contributed by atoms with Crippen molar-refractivity contribution in [2.24, 2.45) is 5.73 Å². The molecule has 5 nitrogen and oxygen atoms in total. The molecule has 0 spiro atoms. The topological polar surface area (TPSA) is 64.8 Å². The van der Waals surface area contributed by atoms with Crippen LogP contribution in [0.3, 0.4) is 0 Å². The third kappa shape index (κ3) is 3.40. The molecule has 2 aliphatic rings. The molecule has 5 heteroatoms. The molecular weight excluding hydrogens is 220 g/mol. The second-order valence-electron chi connectivity index (χ2n) is 4.86. The van der Waals surface area contributed by atoms with E-state index in [0.717, 1.165) is 19.6 Å². The number of carbonyl (C=O) groups is 1. The molecule has 98 valence electrons. The van der Waals surface area contributed by atoms with Gasteiger partial charge in [-0.3, -0.25) is 9.69 Å². The number of ether oxygens (including phenoxy) is 2. The van der Waals surface area contributed by atoms with E-state index in [-0.39, 0.29) is 5.97 Å². The van der Waals surface area contributed by atoms with E-state index >= 15 is 0 Å². The van der Waals surface area contributed by atoms with Crippen molar-refractivity contribution >= 4 is 5.97 Å². The molecule has 2 aliphatic heterocycles. The Morgan fingerprint density at radius 1 is 1.47 bits per heavy atom. The number of likely N-dealkylation sites (tertiary alicyclic amines) is 1. The summed E-state index contributed by atoms with van der Waals surface area (Å²) in [6.07, 6.45) is 3.80. The van der Waals surface area contributed by atoms with Crippen LogP contribution in [0.4, 0.5) is 0 Å². The summed E-state index contributed by atoms with van der Waals surface area (Å²) in [5.41, 5.74) is 5.77. The van der Waals surface area contributed by atoms with Crippen molar-refractivity contribution in [3.05, 3.63) is 0 Å². The van der Waals surface area contributed by atoms with Gasteiger partial charge in [-0.1, -0.05) is 0 Å². The fraction of sp³-hybridized carbons (Fsp3) is 0.917. The van der Waals surface area contributed by atoms with Crippen molar-refractivity contribution in [2.45, 2.75) is 44.4 Å². The molecule has 2 saturated heterocycles. The highest BCUT2D eigenvalue weighted by Crippen LogP contribution is 2.26. The van der Waals surface area contributed by atoms with E-state index < -0.39 is 6.04 Å². The number of rotatable bonds is 5. The normalized spacial score (nSPS) is 30.2. The standard InChI is InChI=1S/C12H22N2O3/c1-2-16-12(15)11(13)5-6-14-7-9-3-4-10(8-14)17-9/h9-11H,2-8,13H2,1H3. The number of hydrogen-bond acceptors (Lipinski definition) is 5. The molecule has 0 aromatic heterocycles. The fourth-order valence-electron chi connectivity index (χ4n) is 2.57. The third-order valence-corrected chi connectivity index (χ3v) is 3.46. The zero-order valence-corrected chi connectivity index (χ0v) is 10.4. The Bertz CT molecular complexity index is 260. The molecule has 3 atom stereocenters. The van der Waals surface area contributed by atoms with Crippen LogP contribution in [0.15, 0.2) is 0 Å². The van der Waals surface area contributed by atoms with Gasteiger partial charge in [-0.25, -0.2) is 0 Å². The Morgan fingerprint density at radius 3 is 2.71 bits per heavy atom. The Morgan fingerprint density at radius 2 is 2.12 bits per heavy atom. The van der Waals surface area contributed by atoms with Crippen LogP contribution < -0.4 is 5.73 Å². The molecule has 0 aromatic carbocycles. The number of morpholine rings is 1. The number of carbonyl (C=O) groups excluding carboxylic acids is 1. The third-order valence-electron chi connectivity index (χ3n) is 3.46. The van der Waals surface area contributed by atoms with Gasteiger partial charge in [-0.05, 0) is 26.2 Å². The fourth-order valence-corrected chi connectivity index (χ4v) is 2.57. The number of nitrogens with two attached hydrogens (primary N) is 1. The van der Waals surface area contributed by atoms with Crippen molar-refractivity contribution in [2.75, 3.05) is 26.2 Å². The Kier molecular flexibility index (Phi) is 4.36. The van der Waals surface area contributed by atoms with Gasteiger partial charge in [0.05, 0.1) is 18.8 Å². The van der Waals surface area contributed by atoms with Crippen molar-refractivity contribution in [3.63, 3.8) is 0 Å². The molecule has 2 bridgehead atoms. The summed E-state index contributed by atoms with van der Waals surface area (Å²) in [7, 11) is 0. The van der Waals surface area contributed by atoms with Crippen molar-refractivity contribution in [1.82, 2.24) is 4.90 Å². The van der Waals surface area contributed by atoms with E-state index in [1.807, 2.05) is 0 Å². The lowest BCUT2D eigenvalue weighted by atomic mass is 10.2. The van der Waals surface area contributed by atoms with Gasteiger partial charge < -0.3 is 15.2 Å². The summed E-state index contributed by atoms with van der Waals surface area (Å²) in [6.45, 7) is 5.01. The average Bonchev–Trinajstić information content (AvgIpc) is 2.66. The number of fused-ring (bicyclic) bond motifs is 2. The van der Waals surface area contributed by atoms with E-state index in [0.29, 0.717) is 25.2 Å². The maximum absolute atomic E-state index is 11.4. The van der Waals surface area contributed by atoms with Gasteiger partial charge in [0.1, 0.15) is 6.04 Å². The summed E-state index contributed by atoms with van der Waals surface area (Å²) in [5, 5.41) is 0. The highest BCUT2D eigenvalue weighted by Gasteiger charge is 2.33. The van der Waals surface area contributed by atoms with Crippen molar-refractivity contribution < 1.29 is 14.3 Å². The summed E-state index contributed by atoms with van der Waals surface area (Å²) in [5.74, 6) is -0.288. The SMILES string of the molecule is CCOC(=O)C(N)CCN1CC2CCC(C1)O2. The molecule has 2 N–H and O–H groups in total. The van der Waals surface area contributed by atoms with E-state index in [4.69, 9.17) is 15.2 Å². The molecular formula is C12H22N2O3. The lowest BCUT2D eigenvalue weighted by molar-refractivity contribution is -0.145. The van der Waals surface area contributed by atoms with Crippen LogP contribution in [-0.2, 0) is 14.3 Å². The van der Waals surface area contributed by atoms with Gasteiger partial charge in [0.2, 0.25) is 0 Å². The van der Waals surface area contributed by atoms with Crippen LogP contribution in [0.25, 0.3) is 0 Å². The minimum absolute atomic E-state index is 0.288. The Labute approximate surface area is 102 Å². The van der Waals surface area contributed by atoms with Crippen LogP contribution in [0.2, 0.25) is 0 Å². The summed E-state index contributed by atoms with van der Waals surface area (Å²) < 4.78 is 10.6. The quantitative estimate of drug-likeness (QED) is 0.694. The number of hydrogen-bond donors (Lipinski definition) is 1. The van der Waals surface area contributed by atoms with Gasteiger partial charge in [0.15, 0.2) is 0 Å². The predicted octanol–water partition coefficient (Wildman–Crippen LogP) is 0.130. The maximum atomic E-state index is 11.4. The zero-order valence-electron chi connectivity index (χ0n) is 10.4. The molecule has 0 amide bonds. The van der Waals surface area contributed by atoms with E-state index in [2.05, 4.69) is 4.90 Å². The van der Waals surface area contributed by atoms with Gasteiger partial charge in [-0.15, -0.1) is 0 Å². The second-order valence-corrected chi connectivity index (χ2v) is 4.86. The average molecular weight is 242 g/mol. The summed E-state index contributed by atoms with van der Waals surface area (Å²) in [4.78, 5) is 13.7. The highest BCUT2D eigenvalue weighted by molar-refractivity contribution is 5.75. The van der Waals surface area contributed by atoms with Gasteiger partial charge in [-0.2, -0.15) is 0 Å². The molecule has 17 heavy (non-hydrogen) atoms. The van der Waals surface area contributed by atoms with E-state index in [1.165, 1.54) is 12.8 Å². The van der Waals surface area contributed by atoms with Crippen molar-refractivity contribution in [1.29, 1.82) is 0 Å². The van der Waals surface area contributed by atoms with Crippen LogP contribution in [-0.4, -0.2) is 55.4 Å². The number of esters is 1. The largest absolute Gasteiger partial charge is 0.465 e. The molecule has 0 radical (unpaired) electrons. The maximum Gasteiger partial charge on any atom is 0.322 e. The first-order valence-corrected chi connectivity index (χ1v) is 6.49. The van der Waals surface area contributed by atoms with Crippen LogP contribution >= 0.6 is 0 Å². The Hall–Kier alpha value is -0.650. The van der Waals surface area contributed by atoms with Crippen LogP contribution in [0.1, 0.15) is 26.2 Å². The number of nitrogens with zero attached hydrogens (tertiary/aromatic N) is 1. The Balaban J connectivity index is 1.69. The molecule has 3 unspecified atom stereocenters. The lowest BCUT2D eigenvalue weighted by Crippen LogP contribution is -2.45. The monoisotopic (exact) mass is 242 g/mol. The molecule has 0 aliphatic carbocycles. The van der Waals surface area contributed by atoms with Crippen LogP contribution in [0, 0.1) is 0 Å². The van der Waals surface area contributed by atoms with Crippen molar-refractivity contribution in [3.8, 4) is 0 Å². The molecule has 0 saturated carbocycles.